The average Bonchev–Trinajstić information content (AvgIpc) is 3.27. The zero-order valence-electron chi connectivity index (χ0n) is 14.2. The number of carbonyl (C=O) groups is 1. The first-order valence-corrected chi connectivity index (χ1v) is 10.6. The number of nitrogens with one attached hydrogen (secondary N) is 1. The van der Waals surface area contributed by atoms with E-state index >= 15 is 0 Å². The van der Waals surface area contributed by atoms with E-state index in [4.69, 9.17) is 23.2 Å². The maximum absolute atomic E-state index is 12.3. The maximum Gasteiger partial charge on any atom is 0.228 e. The zero-order valence-corrected chi connectivity index (χ0v) is 17.3. The summed E-state index contributed by atoms with van der Waals surface area (Å²) in [7, 11) is 0. The molecule has 4 aromatic rings. The summed E-state index contributed by atoms with van der Waals surface area (Å²) in [5.74, 6) is -0.195. The number of halogens is 2. The normalized spacial score (nSPS) is 11.1. The van der Waals surface area contributed by atoms with E-state index in [9.17, 15) is 9.59 Å². The van der Waals surface area contributed by atoms with Crippen molar-refractivity contribution in [1.82, 2.24) is 14.8 Å². The Labute approximate surface area is 177 Å². The Kier molecular flexibility index (Phi) is 5.45. The molecule has 3 aromatic heterocycles. The number of hydrogen-bond donors (Lipinski definition) is 1. The van der Waals surface area contributed by atoms with Crippen LogP contribution in [0.1, 0.15) is 6.42 Å². The molecule has 0 bridgehead atoms. The van der Waals surface area contributed by atoms with Gasteiger partial charge in [0.2, 0.25) is 11.3 Å². The van der Waals surface area contributed by atoms with Crippen molar-refractivity contribution in [2.75, 3.05) is 5.32 Å². The minimum Gasteiger partial charge on any atom is -0.302 e. The van der Waals surface area contributed by atoms with Gasteiger partial charge in [-0.15, -0.1) is 22.7 Å². The molecule has 0 atom stereocenters. The van der Waals surface area contributed by atoms with Gasteiger partial charge < -0.3 is 5.32 Å². The third kappa shape index (κ3) is 3.95. The fourth-order valence-corrected chi connectivity index (χ4v) is 4.91. The Morgan fingerprint density at radius 1 is 1.25 bits per heavy atom. The molecular formula is C18H12Cl2N4O2S2. The van der Waals surface area contributed by atoms with Crippen LogP contribution in [0.5, 0.6) is 0 Å². The summed E-state index contributed by atoms with van der Waals surface area (Å²) in [5.41, 5.74) is 1.97. The van der Waals surface area contributed by atoms with Crippen molar-refractivity contribution in [3.05, 3.63) is 60.8 Å². The lowest BCUT2D eigenvalue weighted by Gasteiger charge is -2.08. The second kappa shape index (κ2) is 8.00. The lowest BCUT2D eigenvalue weighted by atomic mass is 10.2. The fraction of sp³-hybridized carbons (Fsp3) is 0.111. The van der Waals surface area contributed by atoms with Gasteiger partial charge in [-0.25, -0.2) is 4.98 Å². The van der Waals surface area contributed by atoms with E-state index in [-0.39, 0.29) is 17.8 Å². The molecule has 0 spiro atoms. The number of amides is 1. The van der Waals surface area contributed by atoms with Crippen LogP contribution in [-0.2, 0) is 11.3 Å². The molecular weight excluding hydrogens is 439 g/mol. The number of thiophene rings is 1. The highest BCUT2D eigenvalue weighted by Gasteiger charge is 2.13. The van der Waals surface area contributed by atoms with Crippen molar-refractivity contribution in [3.63, 3.8) is 0 Å². The molecule has 1 aromatic carbocycles. The van der Waals surface area contributed by atoms with Gasteiger partial charge in [0.05, 0.1) is 28.3 Å². The van der Waals surface area contributed by atoms with Crippen molar-refractivity contribution in [2.24, 2.45) is 0 Å². The summed E-state index contributed by atoms with van der Waals surface area (Å²) in [6.45, 7) is 0.344. The van der Waals surface area contributed by atoms with Gasteiger partial charge in [-0.3, -0.25) is 14.3 Å². The first kappa shape index (κ1) is 19.1. The number of nitrogens with zero attached hydrogens (tertiary/aromatic N) is 3. The molecule has 28 heavy (non-hydrogen) atoms. The molecule has 10 heteroatoms. The van der Waals surface area contributed by atoms with Gasteiger partial charge in [-0.2, -0.15) is 5.10 Å². The van der Waals surface area contributed by atoms with Gasteiger partial charge in [0.15, 0.2) is 5.13 Å². The van der Waals surface area contributed by atoms with Crippen molar-refractivity contribution >= 4 is 67.8 Å². The van der Waals surface area contributed by atoms with Crippen LogP contribution in [-0.4, -0.2) is 20.7 Å². The van der Waals surface area contributed by atoms with E-state index in [0.29, 0.717) is 36.9 Å². The summed E-state index contributed by atoms with van der Waals surface area (Å²) < 4.78 is 2.79. The highest BCUT2D eigenvalue weighted by Crippen LogP contribution is 2.38. The number of benzene rings is 1. The summed E-state index contributed by atoms with van der Waals surface area (Å²) in [6, 6.07) is 8.94. The third-order valence-electron chi connectivity index (χ3n) is 4.00. The zero-order chi connectivity index (χ0) is 19.7. The van der Waals surface area contributed by atoms with Crippen LogP contribution in [0.4, 0.5) is 5.13 Å². The van der Waals surface area contributed by atoms with Gasteiger partial charge in [0, 0.05) is 22.8 Å². The number of aromatic nitrogens is 3. The minimum absolute atomic E-state index is 0.140. The Morgan fingerprint density at radius 3 is 2.86 bits per heavy atom. The van der Waals surface area contributed by atoms with Crippen molar-refractivity contribution in [3.8, 4) is 11.3 Å². The molecule has 3 heterocycles. The van der Waals surface area contributed by atoms with E-state index < -0.39 is 0 Å². The molecule has 0 saturated carbocycles. The number of fused-ring (bicyclic) bond motifs is 1. The van der Waals surface area contributed by atoms with E-state index in [2.05, 4.69) is 15.4 Å². The van der Waals surface area contributed by atoms with Crippen LogP contribution < -0.4 is 10.7 Å². The number of hydrogen-bond acceptors (Lipinski definition) is 6. The molecule has 6 nitrogen and oxygen atoms in total. The molecule has 1 amide bonds. The molecule has 0 aliphatic carbocycles. The summed E-state index contributed by atoms with van der Waals surface area (Å²) in [4.78, 5) is 28.6. The second-order valence-corrected chi connectivity index (χ2v) is 8.97. The lowest BCUT2D eigenvalue weighted by Crippen LogP contribution is -2.17. The van der Waals surface area contributed by atoms with E-state index in [0.717, 1.165) is 5.56 Å². The molecule has 0 radical (unpaired) electrons. The predicted octanol–water partition coefficient (Wildman–Crippen LogP) is 4.92. The number of anilines is 1. The van der Waals surface area contributed by atoms with Crippen LogP contribution in [0.25, 0.3) is 22.2 Å². The second-order valence-electron chi connectivity index (χ2n) is 5.82. The topological polar surface area (TPSA) is 76.9 Å². The van der Waals surface area contributed by atoms with Crippen LogP contribution in [0.15, 0.2) is 46.7 Å². The van der Waals surface area contributed by atoms with E-state index in [1.165, 1.54) is 28.9 Å². The Morgan fingerprint density at radius 2 is 2.07 bits per heavy atom. The van der Waals surface area contributed by atoms with E-state index in [1.807, 2.05) is 17.5 Å². The molecule has 0 unspecified atom stereocenters. The number of rotatable bonds is 5. The highest BCUT2D eigenvalue weighted by atomic mass is 35.5. The Balaban J connectivity index is 1.44. The molecule has 0 saturated heterocycles. The molecule has 4 rings (SSSR count). The number of carbonyl (C=O) groups excluding carboxylic acids is 1. The lowest BCUT2D eigenvalue weighted by molar-refractivity contribution is -0.116. The monoisotopic (exact) mass is 450 g/mol. The van der Waals surface area contributed by atoms with Gasteiger partial charge in [0.25, 0.3) is 0 Å². The standard InChI is InChI=1S/C18H12Cl2N4O2S2/c19-15-7-11(17(20)28-15)12-9-27-18(22-12)23-16(26)5-6-24-13-4-2-1-3-10(13)14(25)8-21-24/h1-4,7-9H,5-6H2,(H,22,23,26). The van der Waals surface area contributed by atoms with Crippen LogP contribution in [0, 0.1) is 0 Å². The first-order valence-electron chi connectivity index (χ1n) is 8.17. The average molecular weight is 451 g/mol. The summed E-state index contributed by atoms with van der Waals surface area (Å²) in [5, 5.41) is 9.78. The third-order valence-corrected chi connectivity index (χ3v) is 6.24. The molecule has 0 fully saturated rings. The fourth-order valence-electron chi connectivity index (χ4n) is 2.70. The number of aryl methyl sites for hydroxylation is 1. The Bertz CT molecular complexity index is 1230. The van der Waals surface area contributed by atoms with Crippen molar-refractivity contribution in [2.45, 2.75) is 13.0 Å². The van der Waals surface area contributed by atoms with Crippen LogP contribution >= 0.6 is 45.9 Å². The van der Waals surface area contributed by atoms with Gasteiger partial charge in [-0.1, -0.05) is 35.3 Å². The van der Waals surface area contributed by atoms with Crippen molar-refractivity contribution in [1.29, 1.82) is 0 Å². The molecule has 1 N–H and O–H groups in total. The largest absolute Gasteiger partial charge is 0.302 e. The number of thiazole rings is 1. The quantitative estimate of drug-likeness (QED) is 0.468. The number of para-hydroxylation sites is 1. The van der Waals surface area contributed by atoms with E-state index in [1.54, 1.807) is 22.9 Å². The predicted molar refractivity (Wildman–Crippen MR) is 115 cm³/mol. The minimum atomic E-state index is -0.195. The van der Waals surface area contributed by atoms with Gasteiger partial charge in [-0.05, 0) is 18.2 Å². The summed E-state index contributed by atoms with van der Waals surface area (Å²) in [6.07, 6.45) is 1.46. The maximum atomic E-state index is 12.3. The van der Waals surface area contributed by atoms with Gasteiger partial charge in [0.1, 0.15) is 4.34 Å². The SMILES string of the molecule is O=C(CCn1ncc(=O)c2ccccc21)Nc1nc(-c2cc(Cl)sc2Cl)cs1. The molecule has 0 aliphatic heterocycles. The Hall–Kier alpha value is -2.26. The molecule has 142 valence electrons. The van der Waals surface area contributed by atoms with Crippen LogP contribution in [0.3, 0.4) is 0 Å². The van der Waals surface area contributed by atoms with Crippen molar-refractivity contribution < 1.29 is 4.79 Å². The highest BCUT2D eigenvalue weighted by molar-refractivity contribution is 7.20. The van der Waals surface area contributed by atoms with Crippen LogP contribution in [0.2, 0.25) is 8.67 Å². The first-order chi connectivity index (χ1) is 13.5. The smallest absolute Gasteiger partial charge is 0.228 e. The van der Waals surface area contributed by atoms with Gasteiger partial charge >= 0.3 is 0 Å². The summed E-state index contributed by atoms with van der Waals surface area (Å²) >= 11 is 14.7. The molecule has 0 aliphatic rings.